The van der Waals surface area contributed by atoms with Gasteiger partial charge in [0, 0.05) is 5.92 Å². The summed E-state index contributed by atoms with van der Waals surface area (Å²) < 4.78 is 12.7. The first-order valence-electron chi connectivity index (χ1n) is 9.26. The smallest absolute Gasteiger partial charge is 0.337 e. The van der Waals surface area contributed by atoms with E-state index < -0.39 is 0 Å². The van der Waals surface area contributed by atoms with Crippen LogP contribution in [0, 0.1) is 4.77 Å². The third-order valence-corrected chi connectivity index (χ3v) is 4.87. The van der Waals surface area contributed by atoms with E-state index in [2.05, 4.69) is 15.3 Å². The molecular weight excluding hydrogens is 388 g/mol. The fourth-order valence-corrected chi connectivity index (χ4v) is 3.00. The molecule has 0 aliphatic heterocycles. The van der Waals surface area contributed by atoms with Gasteiger partial charge in [0.2, 0.25) is 4.77 Å². The predicted molar refractivity (Wildman–Crippen MR) is 111 cm³/mol. The average molecular weight is 408 g/mol. The molecule has 29 heavy (non-hydrogen) atoms. The van der Waals surface area contributed by atoms with Crippen LogP contribution in [-0.4, -0.2) is 34.2 Å². The number of nitrogens with zero attached hydrogens (tertiary/aromatic N) is 3. The van der Waals surface area contributed by atoms with Crippen LogP contribution in [0.3, 0.4) is 0 Å². The van der Waals surface area contributed by atoms with E-state index >= 15 is 0 Å². The van der Waals surface area contributed by atoms with Gasteiger partial charge in [-0.25, -0.2) is 4.79 Å². The molecule has 0 spiro atoms. The second-order valence-electron chi connectivity index (χ2n) is 6.76. The molecule has 8 heteroatoms. The van der Waals surface area contributed by atoms with Crippen molar-refractivity contribution in [1.29, 1.82) is 0 Å². The number of H-pyrrole nitrogens is 1. The van der Waals surface area contributed by atoms with E-state index in [0.717, 1.165) is 35.5 Å². The monoisotopic (exact) mass is 408 g/mol. The van der Waals surface area contributed by atoms with Crippen molar-refractivity contribution in [2.75, 3.05) is 7.11 Å². The maximum absolute atomic E-state index is 11.5. The molecule has 1 aliphatic rings. The van der Waals surface area contributed by atoms with Crippen molar-refractivity contribution in [2.45, 2.75) is 25.4 Å². The lowest BCUT2D eigenvalue weighted by Crippen LogP contribution is -2.02. The molecular formula is C21H20N4O3S. The van der Waals surface area contributed by atoms with E-state index in [1.807, 2.05) is 36.4 Å². The van der Waals surface area contributed by atoms with Gasteiger partial charge in [0.25, 0.3) is 0 Å². The van der Waals surface area contributed by atoms with E-state index in [1.54, 1.807) is 23.0 Å². The Balaban J connectivity index is 1.36. The average Bonchev–Trinajstić information content (AvgIpc) is 3.54. The van der Waals surface area contributed by atoms with Crippen molar-refractivity contribution in [3.63, 3.8) is 0 Å². The van der Waals surface area contributed by atoms with Gasteiger partial charge >= 0.3 is 5.97 Å². The van der Waals surface area contributed by atoms with E-state index in [-0.39, 0.29) is 5.97 Å². The zero-order valence-electron chi connectivity index (χ0n) is 15.9. The molecule has 148 valence electrons. The van der Waals surface area contributed by atoms with Crippen molar-refractivity contribution >= 4 is 24.4 Å². The van der Waals surface area contributed by atoms with Gasteiger partial charge in [-0.05, 0) is 72.6 Å². The number of hydrogen-bond acceptors (Lipinski definition) is 6. The minimum absolute atomic E-state index is 0.351. The third-order valence-electron chi connectivity index (χ3n) is 4.60. The Morgan fingerprint density at radius 3 is 2.62 bits per heavy atom. The van der Waals surface area contributed by atoms with Gasteiger partial charge in [0.15, 0.2) is 5.82 Å². The molecule has 1 aromatic heterocycles. The summed E-state index contributed by atoms with van der Waals surface area (Å²) in [5, 5.41) is 11.5. The highest BCUT2D eigenvalue weighted by atomic mass is 32.1. The second-order valence-corrected chi connectivity index (χ2v) is 7.15. The Labute approximate surface area is 173 Å². The van der Waals surface area contributed by atoms with Gasteiger partial charge in [-0.15, -0.1) is 0 Å². The minimum Gasteiger partial charge on any atom is -0.489 e. The summed E-state index contributed by atoms with van der Waals surface area (Å²) in [6, 6.07) is 14.8. The molecule has 0 atom stereocenters. The number of hydrogen-bond donors (Lipinski definition) is 1. The largest absolute Gasteiger partial charge is 0.489 e. The predicted octanol–water partition coefficient (Wildman–Crippen LogP) is 4.07. The molecule has 1 saturated carbocycles. The lowest BCUT2D eigenvalue weighted by atomic mass is 10.1. The lowest BCUT2D eigenvalue weighted by Gasteiger charge is -2.07. The van der Waals surface area contributed by atoms with Crippen LogP contribution in [0.1, 0.15) is 46.1 Å². The molecule has 4 rings (SSSR count). The van der Waals surface area contributed by atoms with Crippen LogP contribution < -0.4 is 4.74 Å². The van der Waals surface area contributed by atoms with Crippen LogP contribution in [0.5, 0.6) is 5.75 Å². The van der Waals surface area contributed by atoms with Crippen molar-refractivity contribution < 1.29 is 14.3 Å². The summed E-state index contributed by atoms with van der Waals surface area (Å²) in [6.45, 7) is 0.407. The van der Waals surface area contributed by atoms with Crippen molar-refractivity contribution in [2.24, 2.45) is 5.10 Å². The Kier molecular flexibility index (Phi) is 5.53. The molecule has 1 fully saturated rings. The third kappa shape index (κ3) is 4.60. The molecule has 0 amide bonds. The summed E-state index contributed by atoms with van der Waals surface area (Å²) in [6.07, 6.45) is 4.02. The van der Waals surface area contributed by atoms with Gasteiger partial charge in [-0.1, -0.05) is 12.1 Å². The first-order valence-corrected chi connectivity index (χ1v) is 9.66. The first kappa shape index (κ1) is 19.1. The molecule has 2 aromatic carbocycles. The van der Waals surface area contributed by atoms with Crippen LogP contribution in [0.2, 0.25) is 0 Å². The summed E-state index contributed by atoms with van der Waals surface area (Å²) in [5.41, 5.74) is 2.41. The number of carbonyl (C=O) groups is 1. The van der Waals surface area contributed by atoms with E-state index in [1.165, 1.54) is 7.11 Å². The molecule has 0 saturated heterocycles. The van der Waals surface area contributed by atoms with Crippen LogP contribution in [0.25, 0.3) is 0 Å². The minimum atomic E-state index is -0.351. The normalized spacial score (nSPS) is 13.6. The Morgan fingerprint density at radius 1 is 1.24 bits per heavy atom. The number of aromatic nitrogens is 3. The Hall–Kier alpha value is -3.26. The molecule has 7 nitrogen and oxygen atoms in total. The van der Waals surface area contributed by atoms with Gasteiger partial charge in [-0.3, -0.25) is 5.10 Å². The number of nitrogens with one attached hydrogen (secondary N) is 1. The number of esters is 1. The topological polar surface area (TPSA) is 81.5 Å². The number of aromatic amines is 1. The quantitative estimate of drug-likeness (QED) is 0.362. The molecule has 1 aliphatic carbocycles. The number of methoxy groups -OCH3 is 1. The Bertz CT molecular complexity index is 1080. The fourth-order valence-electron chi connectivity index (χ4n) is 2.82. The molecule has 0 bridgehead atoms. The summed E-state index contributed by atoms with van der Waals surface area (Å²) in [5.74, 6) is 1.75. The standard InChI is InChI=1S/C21H20N4O3S/c1-27-20(26)17-6-2-15(3-7-17)13-28-18-10-4-14(5-11-18)12-22-25-19(16-8-9-16)23-24-21(25)29/h2-7,10-12,16H,8-9,13H2,1H3,(H,24,29)/b22-12-. The van der Waals surface area contributed by atoms with Crippen LogP contribution >= 0.6 is 12.2 Å². The number of ether oxygens (including phenoxy) is 2. The van der Waals surface area contributed by atoms with Gasteiger partial charge in [0.05, 0.1) is 18.9 Å². The lowest BCUT2D eigenvalue weighted by molar-refractivity contribution is 0.0600. The Morgan fingerprint density at radius 2 is 1.97 bits per heavy atom. The molecule has 1 heterocycles. The van der Waals surface area contributed by atoms with Crippen molar-refractivity contribution in [3.8, 4) is 5.75 Å². The van der Waals surface area contributed by atoms with Crippen LogP contribution in [-0.2, 0) is 11.3 Å². The van der Waals surface area contributed by atoms with Crippen LogP contribution in [0.4, 0.5) is 0 Å². The van der Waals surface area contributed by atoms with E-state index in [0.29, 0.717) is 22.9 Å². The molecule has 1 N–H and O–H groups in total. The van der Waals surface area contributed by atoms with E-state index in [9.17, 15) is 4.79 Å². The summed E-state index contributed by atoms with van der Waals surface area (Å²) >= 11 is 5.25. The highest BCUT2D eigenvalue weighted by Crippen LogP contribution is 2.38. The zero-order chi connectivity index (χ0) is 20.2. The SMILES string of the molecule is COC(=O)c1ccc(COc2ccc(/C=N\n3c(C4CC4)n[nH]c3=S)cc2)cc1. The van der Waals surface area contributed by atoms with Gasteiger partial charge < -0.3 is 9.47 Å². The summed E-state index contributed by atoms with van der Waals surface area (Å²) in [4.78, 5) is 11.5. The maximum Gasteiger partial charge on any atom is 0.337 e. The van der Waals surface area contributed by atoms with Crippen LogP contribution in [0.15, 0.2) is 53.6 Å². The van der Waals surface area contributed by atoms with Crippen molar-refractivity contribution in [3.05, 3.63) is 75.8 Å². The highest BCUT2D eigenvalue weighted by molar-refractivity contribution is 7.71. The highest BCUT2D eigenvalue weighted by Gasteiger charge is 2.29. The fraction of sp³-hybridized carbons (Fsp3) is 0.238. The second kappa shape index (κ2) is 8.40. The van der Waals surface area contributed by atoms with E-state index in [4.69, 9.17) is 21.7 Å². The maximum atomic E-state index is 11.5. The van der Waals surface area contributed by atoms with Crippen molar-refractivity contribution in [1.82, 2.24) is 14.9 Å². The summed E-state index contributed by atoms with van der Waals surface area (Å²) in [7, 11) is 1.36. The first-order chi connectivity index (χ1) is 14.1. The van der Waals surface area contributed by atoms with Gasteiger partial charge in [-0.2, -0.15) is 14.9 Å². The number of carbonyl (C=O) groups excluding carboxylic acids is 1. The molecule has 3 aromatic rings. The van der Waals surface area contributed by atoms with Gasteiger partial charge in [0.1, 0.15) is 12.4 Å². The molecule has 0 radical (unpaired) electrons. The number of benzene rings is 2. The molecule has 0 unspecified atom stereocenters. The number of rotatable bonds is 7. The zero-order valence-corrected chi connectivity index (χ0v) is 16.7.